The number of fused-ring (bicyclic) bond motifs is 15. The third kappa shape index (κ3) is 7.65. The summed E-state index contributed by atoms with van der Waals surface area (Å²) in [6.45, 7) is 7.80. The molecule has 5 heterocycles. The van der Waals surface area contributed by atoms with E-state index in [9.17, 15) is 0 Å². The van der Waals surface area contributed by atoms with Gasteiger partial charge < -0.3 is 18.3 Å². The first-order valence-corrected chi connectivity index (χ1v) is 31.9. The van der Waals surface area contributed by atoms with Crippen molar-refractivity contribution in [2.45, 2.75) is 0 Å². The van der Waals surface area contributed by atoms with Gasteiger partial charge in [-0.3, -0.25) is 0 Å². The smallest absolute Gasteiger partial charge is 0.187 e. The van der Waals surface area contributed by atoms with Gasteiger partial charge in [0.25, 0.3) is 0 Å². The molecule has 7 nitrogen and oxygen atoms in total. The summed E-state index contributed by atoms with van der Waals surface area (Å²) in [5, 5.41) is 11.9. The minimum Gasteiger partial charge on any atom is -0.309 e. The highest BCUT2D eigenvalue weighted by Crippen LogP contribution is 2.52. The van der Waals surface area contributed by atoms with Crippen LogP contribution in [0.15, 0.2) is 309 Å². The lowest BCUT2D eigenvalue weighted by Crippen LogP contribution is -2.02. The molecule has 14 aromatic carbocycles. The van der Waals surface area contributed by atoms with Gasteiger partial charge in [0.2, 0.25) is 0 Å². The maximum absolute atomic E-state index is 7.80. The van der Waals surface area contributed by atoms with Crippen molar-refractivity contribution in [3.63, 3.8) is 0 Å². The second kappa shape index (κ2) is 20.1. The topological polar surface area (TPSA) is 49.9 Å². The zero-order valence-electron chi connectivity index (χ0n) is 50.6. The zero-order chi connectivity index (χ0) is 61.7. The summed E-state index contributed by atoms with van der Waals surface area (Å²) in [5.74, 6) is 0.599. The summed E-state index contributed by atoms with van der Waals surface area (Å²) >= 11 is 0. The van der Waals surface area contributed by atoms with Crippen molar-refractivity contribution in [1.29, 1.82) is 0 Å². The molecule has 20 rings (SSSR count). The van der Waals surface area contributed by atoms with Crippen LogP contribution >= 0.6 is 0 Å². The van der Waals surface area contributed by atoms with Crippen molar-refractivity contribution in [2.24, 2.45) is 0 Å². The van der Waals surface area contributed by atoms with Gasteiger partial charge >= 0.3 is 0 Å². The van der Waals surface area contributed by atoms with E-state index in [1.807, 2.05) is 24.3 Å². The van der Waals surface area contributed by atoms with Gasteiger partial charge in [0.15, 0.2) is 11.5 Å². The van der Waals surface area contributed by atoms with Crippen LogP contribution in [0.25, 0.3) is 193 Å². The standard InChI is InChI=1S/C87H51N7/c1-88-60-40-34-54(35-41-60)87-89-85(84-69-28-16-18-53-19-17-29-70(83(53)69)86(84)90-87)59-46-63(93-77-32-14-10-26-67(77)73-50-57(38-44-81(73)93)55-36-42-79-71(48-55)65-24-8-12-30-75(65)91(79)61-20-4-2-5-21-61)52-64(47-59)94-78-33-15-11-27-68(78)74-51-58(39-45-82(74)94)56-37-43-80-72(49-56)66-25-9-13-31-76(66)92(80)62-22-6-3-7-23-62/h2-52H. The van der Waals surface area contributed by atoms with Gasteiger partial charge in [0.05, 0.1) is 62.1 Å². The third-order valence-corrected chi connectivity index (χ3v) is 19.7. The Kier molecular flexibility index (Phi) is 11.1. The first-order valence-electron chi connectivity index (χ1n) is 31.9. The Labute approximate surface area is 539 Å². The Balaban J connectivity index is 0.818. The second-order valence-corrected chi connectivity index (χ2v) is 24.7. The van der Waals surface area contributed by atoms with Crippen molar-refractivity contribution < 1.29 is 0 Å². The van der Waals surface area contributed by atoms with Crippen LogP contribution in [0, 0.1) is 6.57 Å². The van der Waals surface area contributed by atoms with E-state index in [1.165, 1.54) is 49.0 Å². The molecule has 0 saturated carbocycles. The van der Waals surface area contributed by atoms with Gasteiger partial charge in [-0.2, -0.15) is 0 Å². The van der Waals surface area contributed by atoms with Crippen LogP contribution in [0.5, 0.6) is 0 Å². The van der Waals surface area contributed by atoms with Gasteiger partial charge in [0.1, 0.15) is 0 Å². The molecular formula is C87H51N7. The van der Waals surface area contributed by atoms with Crippen LogP contribution in [-0.2, 0) is 0 Å². The predicted molar refractivity (Wildman–Crippen MR) is 389 cm³/mol. The van der Waals surface area contributed by atoms with Crippen molar-refractivity contribution in [3.05, 3.63) is 321 Å². The molecule has 1 aliphatic rings. The molecule has 0 N–H and O–H groups in total. The fourth-order valence-electron chi connectivity index (χ4n) is 15.5. The number of hydrogen-bond donors (Lipinski definition) is 0. The van der Waals surface area contributed by atoms with E-state index in [4.69, 9.17) is 16.5 Å². The molecule has 0 unspecified atom stereocenters. The van der Waals surface area contributed by atoms with Crippen molar-refractivity contribution in [1.82, 2.24) is 28.2 Å². The Morgan fingerprint density at radius 2 is 0.617 bits per heavy atom. The average Bonchev–Trinajstić information content (AvgIpc) is 1.57. The van der Waals surface area contributed by atoms with Crippen LogP contribution in [0.1, 0.15) is 0 Å². The minimum atomic E-state index is 0.567. The van der Waals surface area contributed by atoms with E-state index in [-0.39, 0.29) is 0 Å². The summed E-state index contributed by atoms with van der Waals surface area (Å²) in [7, 11) is 0. The van der Waals surface area contributed by atoms with Crippen molar-refractivity contribution in [3.8, 4) is 90.0 Å². The van der Waals surface area contributed by atoms with Gasteiger partial charge in [0, 0.05) is 88.1 Å². The van der Waals surface area contributed by atoms with Crippen LogP contribution in [0.3, 0.4) is 0 Å². The number of para-hydroxylation sites is 6. The molecule has 1 aliphatic carbocycles. The molecule has 0 spiro atoms. The summed E-state index contributed by atoms with van der Waals surface area (Å²) in [6.07, 6.45) is 0. The SMILES string of the molecule is [C-]#[N+]c1ccc(-c2nc(-c3cc(-n4c5ccccc5c5cc(-c6ccc7c(c6)c6ccccc6n7-c6ccccc6)ccc54)cc(-n4c5ccccc5c5cc(-c6ccc7c(c6)c6ccccc6n7-c6ccccc6)ccc54)c3)c3c(n2)-c2cccc4cccc-3c24)cc1. The molecule has 0 fully saturated rings. The fourth-order valence-corrected chi connectivity index (χ4v) is 15.5. The van der Waals surface area contributed by atoms with Crippen LogP contribution in [-0.4, -0.2) is 28.2 Å². The molecule has 434 valence electrons. The fraction of sp³-hybridized carbons (Fsp3) is 0. The molecule has 0 bridgehead atoms. The van der Waals surface area contributed by atoms with Gasteiger partial charge in [-0.1, -0.05) is 194 Å². The Hall–Kier alpha value is -12.9. The van der Waals surface area contributed by atoms with Gasteiger partial charge in [-0.05, 0) is 154 Å². The molecule has 7 heteroatoms. The molecule has 19 aromatic rings. The van der Waals surface area contributed by atoms with Crippen LogP contribution in [0.4, 0.5) is 5.69 Å². The molecule has 0 amide bonds. The highest BCUT2D eigenvalue weighted by Gasteiger charge is 2.30. The van der Waals surface area contributed by atoms with E-state index in [0.717, 1.165) is 133 Å². The number of benzene rings is 14. The summed E-state index contributed by atoms with van der Waals surface area (Å²) < 4.78 is 9.66. The third-order valence-electron chi connectivity index (χ3n) is 19.7. The normalized spacial score (nSPS) is 12.0. The molecule has 0 saturated heterocycles. The minimum absolute atomic E-state index is 0.567. The van der Waals surface area contributed by atoms with Crippen LogP contribution < -0.4 is 0 Å². The Morgan fingerprint density at radius 3 is 1.04 bits per heavy atom. The Bertz CT molecular complexity index is 6170. The van der Waals surface area contributed by atoms with E-state index in [1.54, 1.807) is 0 Å². The lowest BCUT2D eigenvalue weighted by Gasteiger charge is -2.18. The van der Waals surface area contributed by atoms with E-state index in [0.29, 0.717) is 11.5 Å². The number of nitrogens with zero attached hydrogens (tertiary/aromatic N) is 7. The first kappa shape index (κ1) is 51.9. The predicted octanol–water partition coefficient (Wildman–Crippen LogP) is 22.9. The molecule has 5 aromatic heterocycles. The quantitative estimate of drug-likeness (QED) is 0.142. The highest BCUT2D eigenvalue weighted by atomic mass is 15.0. The maximum Gasteiger partial charge on any atom is 0.187 e. The van der Waals surface area contributed by atoms with Crippen LogP contribution in [0.2, 0.25) is 0 Å². The van der Waals surface area contributed by atoms with E-state index in [2.05, 4.69) is 308 Å². The molecule has 0 atom stereocenters. The van der Waals surface area contributed by atoms with Gasteiger partial charge in [-0.15, -0.1) is 0 Å². The monoisotopic (exact) mass is 1190 g/mol. The summed E-state index contributed by atoms with van der Waals surface area (Å²) in [5.41, 5.74) is 25.3. The second-order valence-electron chi connectivity index (χ2n) is 24.7. The maximum atomic E-state index is 7.80. The number of hydrogen-bond acceptors (Lipinski definition) is 2. The summed E-state index contributed by atoms with van der Waals surface area (Å²) in [4.78, 5) is 14.9. The average molecular weight is 1190 g/mol. The first-order chi connectivity index (χ1) is 46.6. The molecule has 0 aliphatic heterocycles. The lowest BCUT2D eigenvalue weighted by atomic mass is 9.98. The van der Waals surface area contributed by atoms with Gasteiger partial charge in [-0.25, -0.2) is 14.8 Å². The van der Waals surface area contributed by atoms with Crippen molar-refractivity contribution in [2.75, 3.05) is 0 Å². The lowest BCUT2D eigenvalue weighted by molar-refractivity contribution is 1.13. The molecule has 0 radical (unpaired) electrons. The zero-order valence-corrected chi connectivity index (χ0v) is 50.6. The molecule has 94 heavy (non-hydrogen) atoms. The van der Waals surface area contributed by atoms with E-state index < -0.39 is 0 Å². The van der Waals surface area contributed by atoms with E-state index >= 15 is 0 Å². The summed E-state index contributed by atoms with van der Waals surface area (Å²) in [6, 6.07) is 112. The Morgan fingerprint density at radius 1 is 0.255 bits per heavy atom. The number of aromatic nitrogens is 6. The number of rotatable bonds is 8. The largest absolute Gasteiger partial charge is 0.309 e. The highest BCUT2D eigenvalue weighted by molar-refractivity contribution is 6.19. The van der Waals surface area contributed by atoms with Crippen molar-refractivity contribution >= 4 is 104 Å². The molecular weight excluding hydrogens is 1140 g/mol.